The first-order valence-corrected chi connectivity index (χ1v) is 12.1. The number of hydrogen-bond donors (Lipinski definition) is 1. The Labute approximate surface area is 215 Å². The van der Waals surface area contributed by atoms with Crippen LogP contribution < -0.4 is 10.2 Å². The van der Waals surface area contributed by atoms with Crippen LogP contribution in [0.2, 0.25) is 0 Å². The van der Waals surface area contributed by atoms with Crippen molar-refractivity contribution in [2.45, 2.75) is 25.7 Å². The summed E-state index contributed by atoms with van der Waals surface area (Å²) in [7, 11) is 5.85. The predicted molar refractivity (Wildman–Crippen MR) is 143 cm³/mol. The summed E-state index contributed by atoms with van der Waals surface area (Å²) in [5, 5.41) is 16.6. The molecule has 188 valence electrons. The fourth-order valence-corrected chi connectivity index (χ4v) is 4.36. The summed E-state index contributed by atoms with van der Waals surface area (Å²) in [6, 6.07) is 14.0. The molecule has 0 unspecified atom stereocenters. The topological polar surface area (TPSA) is 106 Å². The largest absolute Gasteiger partial charge is 0.364 e. The van der Waals surface area contributed by atoms with Crippen LogP contribution in [0.3, 0.4) is 0 Å². The summed E-state index contributed by atoms with van der Waals surface area (Å²) >= 11 is 0. The summed E-state index contributed by atoms with van der Waals surface area (Å²) in [5.41, 5.74) is 4.70. The van der Waals surface area contributed by atoms with Crippen molar-refractivity contribution in [2.75, 3.05) is 24.3 Å². The zero-order chi connectivity index (χ0) is 25.9. The van der Waals surface area contributed by atoms with Crippen molar-refractivity contribution in [1.29, 1.82) is 0 Å². The number of nitrogens with zero attached hydrogens (tertiary/aromatic N) is 8. The van der Waals surface area contributed by atoms with Gasteiger partial charge in [0.25, 0.3) is 0 Å². The van der Waals surface area contributed by atoms with Crippen molar-refractivity contribution >= 4 is 29.4 Å². The predicted octanol–water partition coefficient (Wildman–Crippen LogP) is 3.95. The quantitative estimate of drug-likeness (QED) is 0.306. The van der Waals surface area contributed by atoms with Gasteiger partial charge in [0.2, 0.25) is 0 Å². The molecule has 0 bridgehead atoms. The molecule has 5 heterocycles. The van der Waals surface area contributed by atoms with Crippen molar-refractivity contribution in [2.24, 2.45) is 7.05 Å². The molecule has 5 aromatic rings. The Kier molecular flexibility index (Phi) is 6.63. The van der Waals surface area contributed by atoms with Gasteiger partial charge in [-0.15, -0.1) is 10.2 Å². The maximum atomic E-state index is 11.6. The highest BCUT2D eigenvalue weighted by molar-refractivity contribution is 5.74. The number of fused-ring (bicyclic) bond motifs is 1. The van der Waals surface area contributed by atoms with E-state index in [-0.39, 0.29) is 5.92 Å². The number of aldehydes is 1. The SMILES string of the molecule is Cc1ccc(C[C@H](CC=O)c2nnc3cc(-c4ccnc(Nc5ccnn5C)c4)cc(N(C)C)n23)nc1. The molecule has 5 aromatic heterocycles. The molecule has 0 aliphatic carbocycles. The van der Waals surface area contributed by atoms with Crippen molar-refractivity contribution in [3.8, 4) is 11.1 Å². The molecule has 37 heavy (non-hydrogen) atoms. The van der Waals surface area contributed by atoms with Crippen LogP contribution >= 0.6 is 0 Å². The lowest BCUT2D eigenvalue weighted by molar-refractivity contribution is -0.108. The Morgan fingerprint density at radius 2 is 1.89 bits per heavy atom. The number of carbonyl (C=O) groups excluding carboxylic acids is 1. The smallest absolute Gasteiger partial charge is 0.163 e. The molecular formula is C27H29N9O. The first-order chi connectivity index (χ1) is 17.9. The zero-order valence-corrected chi connectivity index (χ0v) is 21.3. The molecule has 10 heteroatoms. The minimum absolute atomic E-state index is 0.150. The van der Waals surface area contributed by atoms with E-state index in [1.54, 1.807) is 17.1 Å². The number of pyridine rings is 3. The van der Waals surface area contributed by atoms with Gasteiger partial charge in [0.1, 0.15) is 29.6 Å². The van der Waals surface area contributed by atoms with Gasteiger partial charge < -0.3 is 15.0 Å². The number of nitrogens with one attached hydrogen (secondary N) is 1. The molecule has 0 radical (unpaired) electrons. The first-order valence-electron chi connectivity index (χ1n) is 12.1. The van der Waals surface area contributed by atoms with Gasteiger partial charge in [0.05, 0.1) is 6.20 Å². The van der Waals surface area contributed by atoms with Gasteiger partial charge in [-0.3, -0.25) is 14.1 Å². The maximum Gasteiger partial charge on any atom is 0.163 e. The summed E-state index contributed by atoms with van der Waals surface area (Å²) in [6.45, 7) is 2.01. The van der Waals surface area contributed by atoms with E-state index in [9.17, 15) is 4.79 Å². The molecule has 0 amide bonds. The molecule has 0 saturated carbocycles. The van der Waals surface area contributed by atoms with E-state index in [1.165, 1.54) is 0 Å². The third-order valence-electron chi connectivity index (χ3n) is 6.31. The van der Waals surface area contributed by atoms with Gasteiger partial charge in [0.15, 0.2) is 5.65 Å². The van der Waals surface area contributed by atoms with E-state index in [1.807, 2.05) is 80.0 Å². The minimum Gasteiger partial charge on any atom is -0.364 e. The first kappa shape index (κ1) is 24.1. The number of aromatic nitrogens is 7. The lowest BCUT2D eigenvalue weighted by Crippen LogP contribution is -2.17. The highest BCUT2D eigenvalue weighted by Crippen LogP contribution is 2.31. The molecule has 0 saturated heterocycles. The van der Waals surface area contributed by atoms with E-state index in [4.69, 9.17) is 0 Å². The van der Waals surface area contributed by atoms with Gasteiger partial charge in [-0.1, -0.05) is 6.07 Å². The van der Waals surface area contributed by atoms with Crippen LogP contribution in [0.5, 0.6) is 0 Å². The number of hydrogen-bond acceptors (Lipinski definition) is 8. The van der Waals surface area contributed by atoms with E-state index >= 15 is 0 Å². The number of anilines is 3. The van der Waals surface area contributed by atoms with Gasteiger partial charge in [-0.25, -0.2) is 4.98 Å². The van der Waals surface area contributed by atoms with E-state index in [0.29, 0.717) is 24.3 Å². The zero-order valence-electron chi connectivity index (χ0n) is 21.3. The highest BCUT2D eigenvalue weighted by Gasteiger charge is 2.22. The molecule has 0 aliphatic heterocycles. The lowest BCUT2D eigenvalue weighted by Gasteiger charge is -2.20. The van der Waals surface area contributed by atoms with Crippen LogP contribution in [0.25, 0.3) is 16.8 Å². The maximum absolute atomic E-state index is 11.6. The normalized spacial score (nSPS) is 12.0. The van der Waals surface area contributed by atoms with Crippen molar-refractivity contribution in [3.63, 3.8) is 0 Å². The van der Waals surface area contributed by atoms with E-state index in [0.717, 1.165) is 46.1 Å². The average Bonchev–Trinajstić information content (AvgIpc) is 3.50. The molecule has 10 nitrogen and oxygen atoms in total. The molecule has 1 N–H and O–H groups in total. The number of rotatable bonds is 9. The molecule has 0 aromatic carbocycles. The van der Waals surface area contributed by atoms with Crippen molar-refractivity contribution in [1.82, 2.24) is 34.3 Å². The van der Waals surface area contributed by atoms with Gasteiger partial charge in [0, 0.05) is 57.6 Å². The summed E-state index contributed by atoms with van der Waals surface area (Å²) in [6.07, 6.45) is 7.23. The summed E-state index contributed by atoms with van der Waals surface area (Å²) in [5.74, 6) is 3.07. The third kappa shape index (κ3) is 5.04. The Hall–Kier alpha value is -4.60. The monoisotopic (exact) mass is 495 g/mol. The van der Waals surface area contributed by atoms with Gasteiger partial charge in [-0.2, -0.15) is 5.10 Å². The second-order valence-corrected chi connectivity index (χ2v) is 9.27. The van der Waals surface area contributed by atoms with Crippen molar-refractivity contribution < 1.29 is 4.79 Å². The van der Waals surface area contributed by atoms with E-state index in [2.05, 4.69) is 36.6 Å². The van der Waals surface area contributed by atoms with Crippen LogP contribution in [0.1, 0.15) is 29.4 Å². The minimum atomic E-state index is -0.150. The lowest BCUT2D eigenvalue weighted by atomic mass is 9.98. The molecule has 0 aliphatic rings. The van der Waals surface area contributed by atoms with Crippen molar-refractivity contribution in [3.05, 3.63) is 78.1 Å². The molecular weight excluding hydrogens is 466 g/mol. The van der Waals surface area contributed by atoms with Crippen LogP contribution in [-0.4, -0.2) is 54.7 Å². The van der Waals surface area contributed by atoms with Crippen LogP contribution in [-0.2, 0) is 18.3 Å². The Bertz CT molecular complexity index is 1540. The fourth-order valence-electron chi connectivity index (χ4n) is 4.36. The Balaban J connectivity index is 1.54. The van der Waals surface area contributed by atoms with Crippen LogP contribution in [0.15, 0.2) is 61.1 Å². The average molecular weight is 496 g/mol. The third-order valence-corrected chi connectivity index (χ3v) is 6.31. The molecule has 0 spiro atoms. The van der Waals surface area contributed by atoms with Gasteiger partial charge in [-0.05, 0) is 60.4 Å². The number of carbonyl (C=O) groups is 1. The highest BCUT2D eigenvalue weighted by atomic mass is 16.1. The Morgan fingerprint density at radius 3 is 2.59 bits per heavy atom. The van der Waals surface area contributed by atoms with E-state index < -0.39 is 0 Å². The molecule has 1 atom stereocenters. The summed E-state index contributed by atoms with van der Waals surface area (Å²) in [4.78, 5) is 22.6. The second-order valence-electron chi connectivity index (χ2n) is 9.27. The second kappa shape index (κ2) is 10.2. The van der Waals surface area contributed by atoms with Gasteiger partial charge >= 0.3 is 0 Å². The molecule has 5 rings (SSSR count). The summed E-state index contributed by atoms with van der Waals surface area (Å²) < 4.78 is 3.78. The molecule has 0 fully saturated rings. The Morgan fingerprint density at radius 1 is 1.03 bits per heavy atom. The van der Waals surface area contributed by atoms with Crippen LogP contribution in [0.4, 0.5) is 17.5 Å². The fraction of sp³-hybridized carbons (Fsp3) is 0.259. The standard InChI is InChI=1S/C27H29N9O/c1-18-5-6-22(29-17-18)13-20(9-12-37)27-33-32-25-15-21(16-26(34(2)3)36(25)27)19-7-10-28-23(14-19)31-24-8-11-30-35(24)4/h5-8,10-12,14-17,20H,9,13H2,1-4H3,(H,28,31)/t20-/m0/s1. The number of aryl methyl sites for hydroxylation is 2. The van der Waals surface area contributed by atoms with Crippen LogP contribution in [0, 0.1) is 6.92 Å².